The van der Waals surface area contributed by atoms with E-state index in [9.17, 15) is 4.79 Å². The van der Waals surface area contributed by atoms with E-state index in [0.29, 0.717) is 28.5 Å². The van der Waals surface area contributed by atoms with Crippen molar-refractivity contribution < 1.29 is 9.53 Å². The second kappa shape index (κ2) is 9.67. The van der Waals surface area contributed by atoms with Crippen LogP contribution < -0.4 is 10.1 Å². The van der Waals surface area contributed by atoms with Gasteiger partial charge in [0.05, 0.1) is 12.8 Å². The van der Waals surface area contributed by atoms with Crippen molar-refractivity contribution in [3.8, 4) is 34.2 Å². The van der Waals surface area contributed by atoms with Gasteiger partial charge in [0, 0.05) is 53.4 Å². The predicted molar refractivity (Wildman–Crippen MR) is 147 cm³/mol. The summed E-state index contributed by atoms with van der Waals surface area (Å²) in [5, 5.41) is 2.97. The maximum absolute atomic E-state index is 12.8. The van der Waals surface area contributed by atoms with Gasteiger partial charge in [0.1, 0.15) is 11.6 Å². The molecule has 3 heterocycles. The lowest BCUT2D eigenvalue weighted by molar-refractivity contribution is 0.102. The smallest absolute Gasteiger partial charge is 0.255 e. The number of ether oxygens (including phenoxy) is 1. The number of benzene rings is 3. The fourth-order valence-corrected chi connectivity index (χ4v) is 4.31. The minimum absolute atomic E-state index is 0.204. The molecule has 1 N–H and O–H groups in total. The molecule has 186 valence electrons. The largest absolute Gasteiger partial charge is 0.497 e. The van der Waals surface area contributed by atoms with E-state index in [1.54, 1.807) is 43.8 Å². The highest BCUT2D eigenvalue weighted by Gasteiger charge is 2.16. The van der Waals surface area contributed by atoms with Gasteiger partial charge >= 0.3 is 0 Å². The maximum Gasteiger partial charge on any atom is 0.255 e. The molecule has 0 aliphatic heterocycles. The number of carbonyl (C=O) groups is 1. The van der Waals surface area contributed by atoms with Crippen LogP contribution in [0.25, 0.3) is 34.1 Å². The molecule has 0 bridgehead atoms. The molecule has 38 heavy (non-hydrogen) atoms. The molecular weight excluding hydrogens is 476 g/mol. The van der Waals surface area contributed by atoms with Crippen molar-refractivity contribution in [3.63, 3.8) is 0 Å². The number of anilines is 1. The normalized spacial score (nSPS) is 11.0. The maximum atomic E-state index is 12.8. The number of fused-ring (bicyclic) bond motifs is 1. The van der Waals surface area contributed by atoms with E-state index >= 15 is 0 Å². The number of imidazole rings is 2. The zero-order valence-electron chi connectivity index (χ0n) is 20.9. The average Bonchev–Trinajstić information content (AvgIpc) is 3.63. The third kappa shape index (κ3) is 4.39. The Kier molecular flexibility index (Phi) is 5.89. The number of methoxy groups -OCH3 is 1. The molecule has 6 rings (SSSR count). The van der Waals surface area contributed by atoms with Crippen molar-refractivity contribution in [2.24, 2.45) is 0 Å². The molecule has 1 amide bonds. The second-order valence-electron chi connectivity index (χ2n) is 8.86. The Morgan fingerprint density at radius 1 is 0.895 bits per heavy atom. The third-order valence-electron chi connectivity index (χ3n) is 6.30. The number of nitrogens with zero attached hydrogens (tertiary/aromatic N) is 5. The highest BCUT2D eigenvalue weighted by atomic mass is 16.5. The zero-order chi connectivity index (χ0) is 26.1. The number of amides is 1. The molecule has 6 aromatic rings. The van der Waals surface area contributed by atoms with E-state index in [1.807, 2.05) is 51.8 Å². The number of hydrogen-bond acceptors (Lipinski definition) is 5. The van der Waals surface area contributed by atoms with Gasteiger partial charge in [0.15, 0.2) is 11.5 Å². The molecule has 0 saturated heterocycles. The Bertz CT molecular complexity index is 1750. The van der Waals surface area contributed by atoms with Gasteiger partial charge in [-0.25, -0.2) is 15.0 Å². The van der Waals surface area contributed by atoms with Crippen LogP contribution in [0.3, 0.4) is 0 Å². The predicted octanol–water partition coefficient (Wildman–Crippen LogP) is 5.82. The van der Waals surface area contributed by atoms with E-state index in [4.69, 9.17) is 9.72 Å². The standard InChI is InChI=1S/C30H24N6O2/c1-20-6-8-21(9-7-20)27-31-15-17-36(27)29-28-32-14-16-35(28)19-26(34-29)23-4-3-5-24(18-23)33-30(37)22-10-12-25(38-2)13-11-22/h3-19H,1-2H3,(H,33,37). The number of aromatic nitrogens is 5. The lowest BCUT2D eigenvalue weighted by Gasteiger charge is -2.12. The van der Waals surface area contributed by atoms with E-state index in [1.165, 1.54) is 5.56 Å². The van der Waals surface area contributed by atoms with Crippen LogP contribution in [0.1, 0.15) is 15.9 Å². The fraction of sp³-hybridized carbons (Fsp3) is 0.0667. The van der Waals surface area contributed by atoms with Gasteiger partial charge in [-0.1, -0.05) is 42.0 Å². The molecule has 0 aliphatic carbocycles. The molecule has 0 fully saturated rings. The topological polar surface area (TPSA) is 86.3 Å². The average molecular weight is 501 g/mol. The summed E-state index contributed by atoms with van der Waals surface area (Å²) in [6.07, 6.45) is 9.22. The van der Waals surface area contributed by atoms with Gasteiger partial charge in [-0.2, -0.15) is 0 Å². The third-order valence-corrected chi connectivity index (χ3v) is 6.30. The number of rotatable bonds is 6. The van der Waals surface area contributed by atoms with Crippen LogP contribution in [0.5, 0.6) is 5.75 Å². The molecule has 0 unspecified atom stereocenters. The van der Waals surface area contributed by atoms with Gasteiger partial charge in [0.25, 0.3) is 5.91 Å². The Hall–Kier alpha value is -5.24. The Balaban J connectivity index is 1.37. The van der Waals surface area contributed by atoms with Gasteiger partial charge < -0.3 is 14.5 Å². The molecular formula is C30H24N6O2. The minimum atomic E-state index is -0.204. The fourth-order valence-electron chi connectivity index (χ4n) is 4.31. The highest BCUT2D eigenvalue weighted by Crippen LogP contribution is 2.27. The van der Waals surface area contributed by atoms with E-state index in [-0.39, 0.29) is 5.91 Å². The highest BCUT2D eigenvalue weighted by molar-refractivity contribution is 6.04. The number of carbonyl (C=O) groups excluding carboxylic acids is 1. The summed E-state index contributed by atoms with van der Waals surface area (Å²) in [5.74, 6) is 1.93. The summed E-state index contributed by atoms with van der Waals surface area (Å²) in [4.78, 5) is 27.0. The Morgan fingerprint density at radius 2 is 1.68 bits per heavy atom. The summed E-state index contributed by atoms with van der Waals surface area (Å²) < 4.78 is 9.07. The molecule has 8 nitrogen and oxygen atoms in total. The molecule has 3 aromatic heterocycles. The Morgan fingerprint density at radius 3 is 2.47 bits per heavy atom. The van der Waals surface area contributed by atoms with Crippen molar-refractivity contribution >= 4 is 17.2 Å². The first kappa shape index (κ1) is 23.2. The van der Waals surface area contributed by atoms with Gasteiger partial charge in [-0.05, 0) is 43.3 Å². The summed E-state index contributed by atoms with van der Waals surface area (Å²) in [7, 11) is 1.59. The first-order chi connectivity index (χ1) is 18.6. The zero-order valence-corrected chi connectivity index (χ0v) is 20.9. The molecule has 3 aromatic carbocycles. The van der Waals surface area contributed by atoms with Crippen molar-refractivity contribution in [1.29, 1.82) is 0 Å². The van der Waals surface area contributed by atoms with E-state index in [2.05, 4.69) is 46.5 Å². The SMILES string of the molecule is COc1ccc(C(=O)Nc2cccc(-c3cn4ccnc4c(-n4ccnc4-c4ccc(C)cc4)n3)c2)cc1. The lowest BCUT2D eigenvalue weighted by atomic mass is 10.1. The second-order valence-corrected chi connectivity index (χ2v) is 8.86. The van der Waals surface area contributed by atoms with Crippen molar-refractivity contribution in [3.05, 3.63) is 115 Å². The first-order valence-corrected chi connectivity index (χ1v) is 12.1. The number of hydrogen-bond donors (Lipinski definition) is 1. The molecule has 0 aliphatic rings. The van der Waals surface area contributed by atoms with Crippen molar-refractivity contribution in [2.45, 2.75) is 6.92 Å². The summed E-state index contributed by atoms with van der Waals surface area (Å²) in [5.41, 5.74) is 5.67. The summed E-state index contributed by atoms with van der Waals surface area (Å²) in [6.45, 7) is 2.06. The quantitative estimate of drug-likeness (QED) is 0.312. The number of aryl methyl sites for hydroxylation is 1. The number of nitrogens with one attached hydrogen (secondary N) is 1. The van der Waals surface area contributed by atoms with Crippen molar-refractivity contribution in [2.75, 3.05) is 12.4 Å². The van der Waals surface area contributed by atoms with Gasteiger partial charge in [0.2, 0.25) is 0 Å². The molecule has 0 spiro atoms. The van der Waals surface area contributed by atoms with Crippen LogP contribution >= 0.6 is 0 Å². The molecule has 0 atom stereocenters. The molecule has 8 heteroatoms. The minimum Gasteiger partial charge on any atom is -0.497 e. The van der Waals surface area contributed by atoms with Crippen LogP contribution in [0.2, 0.25) is 0 Å². The first-order valence-electron chi connectivity index (χ1n) is 12.1. The van der Waals surface area contributed by atoms with Gasteiger partial charge in [-0.3, -0.25) is 9.36 Å². The van der Waals surface area contributed by atoms with Crippen LogP contribution in [-0.2, 0) is 0 Å². The molecule has 0 radical (unpaired) electrons. The van der Waals surface area contributed by atoms with Crippen LogP contribution in [0, 0.1) is 6.92 Å². The summed E-state index contributed by atoms with van der Waals surface area (Å²) in [6, 6.07) is 22.8. The lowest BCUT2D eigenvalue weighted by Crippen LogP contribution is -2.11. The summed E-state index contributed by atoms with van der Waals surface area (Å²) >= 11 is 0. The monoisotopic (exact) mass is 500 g/mol. The van der Waals surface area contributed by atoms with Crippen molar-refractivity contribution in [1.82, 2.24) is 23.9 Å². The Labute approximate surface area is 219 Å². The van der Waals surface area contributed by atoms with Crippen LogP contribution in [0.4, 0.5) is 5.69 Å². The van der Waals surface area contributed by atoms with E-state index in [0.717, 1.165) is 22.6 Å². The van der Waals surface area contributed by atoms with E-state index < -0.39 is 0 Å². The molecule has 0 saturated carbocycles. The van der Waals surface area contributed by atoms with Crippen LogP contribution in [0.15, 0.2) is 104 Å². The van der Waals surface area contributed by atoms with Crippen LogP contribution in [-0.4, -0.2) is 36.9 Å². The van der Waals surface area contributed by atoms with Gasteiger partial charge in [-0.15, -0.1) is 0 Å².